The highest BCUT2D eigenvalue weighted by atomic mass is 79.9. The fourth-order valence-electron chi connectivity index (χ4n) is 1.00. The molecular weight excluding hydrogens is 294 g/mol. The normalized spacial score (nSPS) is 16.4. The molecule has 86 valence electrons. The number of rotatable bonds is 3. The summed E-state index contributed by atoms with van der Waals surface area (Å²) >= 11 is 4.10. The van der Waals surface area contributed by atoms with E-state index in [1.165, 1.54) is 0 Å². The first kappa shape index (κ1) is 13.5. The summed E-state index contributed by atoms with van der Waals surface area (Å²) in [6, 6.07) is 0.102. The van der Waals surface area contributed by atoms with Crippen LogP contribution in [-0.4, -0.2) is 9.30 Å². The molecule has 15 heavy (non-hydrogen) atoms. The van der Waals surface area contributed by atoms with Gasteiger partial charge < -0.3 is 4.55 Å². The van der Waals surface area contributed by atoms with Crippen LogP contribution in [0.1, 0.15) is 39.3 Å². The Morgan fingerprint density at radius 1 is 1.47 bits per heavy atom. The van der Waals surface area contributed by atoms with E-state index >= 15 is 0 Å². The highest BCUT2D eigenvalue weighted by molar-refractivity contribution is 9.10. The molecule has 1 N–H and O–H groups in total. The molecule has 1 aromatic rings. The van der Waals surface area contributed by atoms with Gasteiger partial charge in [0.15, 0.2) is 0 Å². The van der Waals surface area contributed by atoms with Gasteiger partial charge in [0.25, 0.3) is 0 Å². The quantitative estimate of drug-likeness (QED) is 0.865. The van der Waals surface area contributed by atoms with Crippen LogP contribution in [0.4, 0.5) is 0 Å². The van der Waals surface area contributed by atoms with Crippen LogP contribution < -0.4 is 4.72 Å². The van der Waals surface area contributed by atoms with Crippen molar-refractivity contribution in [1.29, 1.82) is 0 Å². The van der Waals surface area contributed by atoms with Gasteiger partial charge in [0.2, 0.25) is 0 Å². The smallest absolute Gasteiger partial charge is 0.136 e. The van der Waals surface area contributed by atoms with Crippen LogP contribution in [0, 0.1) is 0 Å². The van der Waals surface area contributed by atoms with Gasteiger partial charge in [-0.1, -0.05) is 0 Å². The van der Waals surface area contributed by atoms with E-state index in [-0.39, 0.29) is 10.8 Å². The molecular formula is C10H16BrNOS2. The molecule has 0 saturated heterocycles. The molecule has 1 unspecified atom stereocenters. The SMILES string of the molecule is C[C@H](N[S+]([O-])C(C)(C)C)c1cscc1Br. The van der Waals surface area contributed by atoms with Gasteiger partial charge in [-0.2, -0.15) is 11.3 Å². The standard InChI is InChI=1S/C10H16BrNOS2/c1-7(8-5-14-6-9(8)11)12-15(13)10(2,3)4/h5-7,12H,1-4H3/t7-,15?/m0/s1. The number of nitrogens with one attached hydrogen (secondary N) is 1. The summed E-state index contributed by atoms with van der Waals surface area (Å²) in [4.78, 5) is 0. The Balaban J connectivity index is 2.64. The zero-order chi connectivity index (χ0) is 11.6. The van der Waals surface area contributed by atoms with Gasteiger partial charge in [0, 0.05) is 21.2 Å². The molecule has 0 radical (unpaired) electrons. The lowest BCUT2D eigenvalue weighted by atomic mass is 10.2. The molecule has 1 heterocycles. The molecule has 0 aliphatic heterocycles. The number of hydrogen-bond acceptors (Lipinski definition) is 3. The van der Waals surface area contributed by atoms with Crippen molar-refractivity contribution in [2.24, 2.45) is 0 Å². The third-order valence-corrected chi connectivity index (χ3v) is 5.38. The van der Waals surface area contributed by atoms with Gasteiger partial charge in [0.1, 0.15) is 4.75 Å². The molecule has 0 aliphatic rings. The van der Waals surface area contributed by atoms with Crippen molar-refractivity contribution in [3.63, 3.8) is 0 Å². The van der Waals surface area contributed by atoms with Crippen molar-refractivity contribution >= 4 is 38.6 Å². The minimum Gasteiger partial charge on any atom is -0.598 e. The molecule has 1 rings (SSSR count). The lowest BCUT2D eigenvalue weighted by Crippen LogP contribution is -2.40. The van der Waals surface area contributed by atoms with Crippen LogP contribution in [0.5, 0.6) is 0 Å². The first-order valence-corrected chi connectivity index (χ1v) is 7.60. The highest BCUT2D eigenvalue weighted by Gasteiger charge is 2.28. The fourth-order valence-corrected chi connectivity index (χ4v) is 3.54. The molecule has 0 bridgehead atoms. The summed E-state index contributed by atoms with van der Waals surface area (Å²) < 4.78 is 15.8. The highest BCUT2D eigenvalue weighted by Crippen LogP contribution is 2.28. The Labute approximate surface area is 107 Å². The Bertz CT molecular complexity index is 321. The Kier molecular flexibility index (Phi) is 4.67. The maximum Gasteiger partial charge on any atom is 0.136 e. The van der Waals surface area contributed by atoms with Crippen molar-refractivity contribution in [3.8, 4) is 0 Å². The molecule has 0 aliphatic carbocycles. The van der Waals surface area contributed by atoms with E-state index in [4.69, 9.17) is 0 Å². The van der Waals surface area contributed by atoms with Crippen molar-refractivity contribution in [1.82, 2.24) is 4.72 Å². The minimum absolute atomic E-state index is 0.102. The zero-order valence-corrected chi connectivity index (χ0v) is 12.6. The monoisotopic (exact) mass is 309 g/mol. The third-order valence-electron chi connectivity index (χ3n) is 1.95. The fraction of sp³-hybridized carbons (Fsp3) is 0.600. The lowest BCUT2D eigenvalue weighted by molar-refractivity contribution is 0.531. The Hall–Kier alpha value is 0.450. The second kappa shape index (κ2) is 5.19. The van der Waals surface area contributed by atoms with Crippen molar-refractivity contribution in [3.05, 3.63) is 20.8 Å². The van der Waals surface area contributed by atoms with Crippen LogP contribution in [0.25, 0.3) is 0 Å². The summed E-state index contributed by atoms with van der Waals surface area (Å²) in [5.41, 5.74) is 1.16. The molecule has 0 fully saturated rings. The predicted molar refractivity (Wildman–Crippen MR) is 71.5 cm³/mol. The zero-order valence-electron chi connectivity index (χ0n) is 9.33. The molecule has 0 spiro atoms. The van der Waals surface area contributed by atoms with Gasteiger partial charge in [-0.3, -0.25) is 0 Å². The van der Waals surface area contributed by atoms with Crippen molar-refractivity contribution in [2.75, 3.05) is 0 Å². The molecule has 2 nitrogen and oxygen atoms in total. The third kappa shape index (κ3) is 3.75. The second-order valence-corrected chi connectivity index (χ2v) is 7.99. The van der Waals surface area contributed by atoms with E-state index in [1.807, 2.05) is 33.1 Å². The molecule has 5 heteroatoms. The van der Waals surface area contributed by atoms with Gasteiger partial charge >= 0.3 is 0 Å². The van der Waals surface area contributed by atoms with Gasteiger partial charge in [-0.25, -0.2) is 0 Å². The van der Waals surface area contributed by atoms with Crippen molar-refractivity contribution < 1.29 is 4.55 Å². The van der Waals surface area contributed by atoms with Crippen LogP contribution in [-0.2, 0) is 11.4 Å². The maximum atomic E-state index is 11.9. The summed E-state index contributed by atoms with van der Waals surface area (Å²) in [6.07, 6.45) is 0. The van der Waals surface area contributed by atoms with Gasteiger partial charge in [-0.15, -0.1) is 4.72 Å². The van der Waals surface area contributed by atoms with E-state index in [0.29, 0.717) is 0 Å². The predicted octanol–water partition coefficient (Wildman–Crippen LogP) is 3.62. The number of halogens is 1. The summed E-state index contributed by atoms with van der Waals surface area (Å²) in [7, 11) is 0. The maximum absolute atomic E-state index is 11.9. The average Bonchev–Trinajstić information content (AvgIpc) is 2.49. The van der Waals surface area contributed by atoms with E-state index in [0.717, 1.165) is 10.0 Å². The molecule has 1 aromatic heterocycles. The molecule has 0 aromatic carbocycles. The van der Waals surface area contributed by atoms with Crippen LogP contribution >= 0.6 is 27.3 Å². The molecule has 0 saturated carbocycles. The molecule has 2 atom stereocenters. The lowest BCUT2D eigenvalue weighted by Gasteiger charge is -2.26. The van der Waals surface area contributed by atoms with Crippen molar-refractivity contribution in [2.45, 2.75) is 38.5 Å². The van der Waals surface area contributed by atoms with E-state index < -0.39 is 11.4 Å². The average molecular weight is 310 g/mol. The van der Waals surface area contributed by atoms with E-state index in [1.54, 1.807) is 11.3 Å². The van der Waals surface area contributed by atoms with Crippen LogP contribution in [0.15, 0.2) is 15.2 Å². The van der Waals surface area contributed by atoms with E-state index in [9.17, 15) is 4.55 Å². The Morgan fingerprint density at radius 3 is 2.47 bits per heavy atom. The van der Waals surface area contributed by atoms with Gasteiger partial charge in [-0.05, 0) is 54.6 Å². The first-order chi connectivity index (χ1) is 6.82. The summed E-state index contributed by atoms with van der Waals surface area (Å²) in [5, 5.41) is 4.11. The second-order valence-electron chi connectivity index (χ2n) is 4.40. The topological polar surface area (TPSA) is 35.1 Å². The minimum atomic E-state index is -1.03. The first-order valence-electron chi connectivity index (χ1n) is 4.72. The largest absolute Gasteiger partial charge is 0.598 e. The number of hydrogen-bond donors (Lipinski definition) is 1. The van der Waals surface area contributed by atoms with E-state index in [2.05, 4.69) is 26.0 Å². The summed E-state index contributed by atoms with van der Waals surface area (Å²) in [5.74, 6) is 0. The van der Waals surface area contributed by atoms with Gasteiger partial charge in [0.05, 0.1) is 6.04 Å². The van der Waals surface area contributed by atoms with Crippen LogP contribution in [0.2, 0.25) is 0 Å². The van der Waals surface area contributed by atoms with Crippen LogP contribution in [0.3, 0.4) is 0 Å². The number of thiophene rings is 1. The summed E-state index contributed by atoms with van der Waals surface area (Å²) in [6.45, 7) is 7.92. The molecule has 0 amide bonds. The Morgan fingerprint density at radius 2 is 2.07 bits per heavy atom.